The van der Waals surface area contributed by atoms with E-state index in [1.165, 1.54) is 123 Å². The minimum atomic E-state index is -0.230. The highest BCUT2D eigenvalue weighted by atomic mass is 32.1. The molecule has 8 aromatic carbocycles. The first-order chi connectivity index (χ1) is 40.5. The molecule has 10 aromatic rings. The van der Waals surface area contributed by atoms with E-state index in [0.29, 0.717) is 0 Å². The number of fused-ring (bicyclic) bond motifs is 11. The molecule has 4 aliphatic rings. The van der Waals surface area contributed by atoms with E-state index < -0.39 is 0 Å². The Kier molecular flexibility index (Phi) is 12.6. The molecule has 2 unspecified atom stereocenters. The predicted octanol–water partition coefficient (Wildman–Crippen LogP) is 21.3. The van der Waals surface area contributed by atoms with Crippen molar-refractivity contribution in [1.29, 1.82) is 0 Å². The molecule has 14 rings (SSSR count). The lowest BCUT2D eigenvalue weighted by molar-refractivity contribution is 0.195. The van der Waals surface area contributed by atoms with Crippen molar-refractivity contribution in [3.8, 4) is 22.3 Å². The van der Waals surface area contributed by atoms with Gasteiger partial charge >= 0.3 is 6.71 Å². The lowest BCUT2D eigenvalue weighted by Gasteiger charge is -2.51. The molecule has 436 valence electrons. The molecule has 0 bridgehead atoms. The monoisotopic (exact) mass is 1150 g/mol. The highest BCUT2D eigenvalue weighted by Gasteiger charge is 2.59. The second kappa shape index (κ2) is 19.1. The SMILES string of the molecule is CC(C)(C)c1ccc(N2c3cc(N4c5ccc(C(C)(C)C)cc5C5(C)CCCCC45C)cc4c3B(c3oc5ccc(C(C)(C)C)cc5c32)c2sc3ccc(C(C)(C)C)cc3c2N4c2ccc(C(C)(C)C)cc2-c2ccccc2)c(-c2ccccc2)c1. The zero-order chi connectivity index (χ0) is 60.6. The molecule has 4 nitrogen and oxygen atoms in total. The Morgan fingerprint density at radius 3 is 1.43 bits per heavy atom. The molecule has 1 aliphatic carbocycles. The van der Waals surface area contributed by atoms with E-state index in [4.69, 9.17) is 4.42 Å². The van der Waals surface area contributed by atoms with Crippen LogP contribution in [0.25, 0.3) is 43.3 Å². The number of hydrogen-bond donors (Lipinski definition) is 0. The third kappa shape index (κ3) is 8.63. The molecule has 0 spiro atoms. The van der Waals surface area contributed by atoms with Gasteiger partial charge in [0.25, 0.3) is 0 Å². The van der Waals surface area contributed by atoms with Gasteiger partial charge in [0, 0.05) is 59.5 Å². The number of nitrogens with zero attached hydrogens (tertiary/aromatic N) is 3. The molecule has 6 heteroatoms. The van der Waals surface area contributed by atoms with Crippen molar-refractivity contribution >= 4 is 101 Å². The summed E-state index contributed by atoms with van der Waals surface area (Å²) in [6.07, 6.45) is 4.63. The molecule has 1 saturated carbocycles. The smallest absolute Gasteiger partial charge is 0.309 e. The van der Waals surface area contributed by atoms with Crippen molar-refractivity contribution in [1.82, 2.24) is 0 Å². The van der Waals surface area contributed by atoms with Crippen LogP contribution in [0.5, 0.6) is 0 Å². The van der Waals surface area contributed by atoms with Crippen molar-refractivity contribution in [3.05, 3.63) is 197 Å². The quantitative estimate of drug-likeness (QED) is 0.160. The van der Waals surface area contributed by atoms with Crippen molar-refractivity contribution in [3.63, 3.8) is 0 Å². The molecular formula is C80H86BN3OS. The second-order valence-corrected chi connectivity index (χ2v) is 32.5. The lowest BCUT2D eigenvalue weighted by atomic mass is 9.38. The van der Waals surface area contributed by atoms with Crippen molar-refractivity contribution in [2.24, 2.45) is 0 Å². The van der Waals surface area contributed by atoms with E-state index in [2.05, 4.69) is 296 Å². The summed E-state index contributed by atoms with van der Waals surface area (Å²) in [6.45, 7) is 40.3. The largest absolute Gasteiger partial charge is 0.468 e. The number of thiophene rings is 1. The predicted molar refractivity (Wildman–Crippen MR) is 373 cm³/mol. The first-order valence-electron chi connectivity index (χ1n) is 31.8. The third-order valence-electron chi connectivity index (χ3n) is 20.6. The third-order valence-corrected chi connectivity index (χ3v) is 21.8. The summed E-state index contributed by atoms with van der Waals surface area (Å²) in [5.41, 5.74) is 25.0. The maximum atomic E-state index is 7.75. The average molecular weight is 1150 g/mol. The van der Waals surface area contributed by atoms with Crippen LogP contribution in [0.3, 0.4) is 0 Å². The number of benzene rings is 8. The molecule has 3 aliphatic heterocycles. The van der Waals surface area contributed by atoms with Crippen LogP contribution < -0.4 is 30.6 Å². The van der Waals surface area contributed by atoms with Crippen molar-refractivity contribution < 1.29 is 4.42 Å². The van der Waals surface area contributed by atoms with Crippen molar-refractivity contribution in [2.45, 2.75) is 181 Å². The van der Waals surface area contributed by atoms with E-state index in [9.17, 15) is 0 Å². The Labute approximate surface area is 517 Å². The molecule has 0 radical (unpaired) electrons. The van der Waals surface area contributed by atoms with Crippen LogP contribution in [-0.2, 0) is 32.5 Å². The minimum absolute atomic E-state index is 0.000313. The van der Waals surface area contributed by atoms with Gasteiger partial charge in [-0.05, 0) is 164 Å². The summed E-state index contributed by atoms with van der Waals surface area (Å²) in [5, 5.41) is 2.42. The molecule has 2 atom stereocenters. The van der Waals surface area contributed by atoms with Gasteiger partial charge in [-0.15, -0.1) is 11.3 Å². The summed E-state index contributed by atoms with van der Waals surface area (Å²) < 4.78 is 10.3. The molecule has 2 aromatic heterocycles. The summed E-state index contributed by atoms with van der Waals surface area (Å²) in [6, 6.07) is 64.2. The van der Waals surface area contributed by atoms with Gasteiger partial charge in [-0.25, -0.2) is 0 Å². The van der Waals surface area contributed by atoms with E-state index in [-0.39, 0.29) is 44.7 Å². The van der Waals surface area contributed by atoms with E-state index in [1.54, 1.807) is 0 Å². The van der Waals surface area contributed by atoms with Crippen molar-refractivity contribution in [2.75, 3.05) is 14.7 Å². The summed E-state index contributed by atoms with van der Waals surface area (Å²) >= 11 is 1.95. The zero-order valence-corrected chi connectivity index (χ0v) is 55.0. The van der Waals surface area contributed by atoms with Crippen LogP contribution in [0.1, 0.15) is 177 Å². The first-order valence-corrected chi connectivity index (χ1v) is 32.6. The summed E-state index contributed by atoms with van der Waals surface area (Å²) in [4.78, 5) is 8.26. The standard InChI is InChI=1S/C80H86BN3OS/c1-74(2,3)51-30-35-62(57(42-51)49-26-20-18-21-27-49)82-65-47-56(84-64-37-32-55(78(13,14)15)46-61(64)79(16)40-24-25-41-80(79,84)17)48-66-69(65)81(72-70(82)59-44-53(76(7,8)9)33-38-67(59)85-72)73-71(60-45-54(77(10,11)12)34-39-68(60)86-73)83(66)63-36-31-52(75(4,5)6)43-58(63)50-28-22-19-23-29-50/h18-23,26-39,42-48H,24-25,40-41H2,1-17H3. The maximum Gasteiger partial charge on any atom is 0.309 e. The summed E-state index contributed by atoms with van der Waals surface area (Å²) in [5.74, 6) is 0. The van der Waals surface area contributed by atoms with Gasteiger partial charge in [0.15, 0.2) is 0 Å². The summed E-state index contributed by atoms with van der Waals surface area (Å²) in [7, 11) is 0. The molecule has 86 heavy (non-hydrogen) atoms. The number of hydrogen-bond acceptors (Lipinski definition) is 5. The van der Waals surface area contributed by atoms with Crippen LogP contribution >= 0.6 is 11.3 Å². The molecule has 0 N–H and O–H groups in total. The highest BCUT2D eigenvalue weighted by Crippen LogP contribution is 2.63. The molecule has 0 amide bonds. The number of anilines is 8. The highest BCUT2D eigenvalue weighted by molar-refractivity contribution is 7.33. The Morgan fingerprint density at radius 1 is 0.442 bits per heavy atom. The zero-order valence-electron chi connectivity index (χ0n) is 54.2. The van der Waals surface area contributed by atoms with Gasteiger partial charge in [0.2, 0.25) is 0 Å². The lowest BCUT2D eigenvalue weighted by Crippen LogP contribution is -2.60. The Bertz CT molecular complexity index is 4150. The Hall–Kier alpha value is -7.28. The fourth-order valence-corrected chi connectivity index (χ4v) is 16.5. The van der Waals surface area contributed by atoms with Crippen LogP contribution in [-0.4, -0.2) is 12.3 Å². The van der Waals surface area contributed by atoms with Crippen LogP contribution in [0.2, 0.25) is 0 Å². The fraction of sp³-hybridized carbons (Fsp3) is 0.350. The number of furan rings is 1. The van der Waals surface area contributed by atoms with Gasteiger partial charge in [-0.2, -0.15) is 0 Å². The minimum Gasteiger partial charge on any atom is -0.468 e. The molecular weight excluding hydrogens is 1060 g/mol. The van der Waals surface area contributed by atoms with E-state index >= 15 is 0 Å². The normalized spacial score (nSPS) is 18.6. The average Bonchev–Trinajstić information content (AvgIpc) is 1.42. The topological polar surface area (TPSA) is 22.9 Å². The van der Waals surface area contributed by atoms with E-state index in [0.717, 1.165) is 40.8 Å². The van der Waals surface area contributed by atoms with Gasteiger partial charge in [-0.3, -0.25) is 0 Å². The molecule has 5 heterocycles. The Morgan fingerprint density at radius 2 is 0.895 bits per heavy atom. The molecule has 1 fully saturated rings. The Balaban J connectivity index is 1.19. The maximum absolute atomic E-state index is 7.75. The van der Waals surface area contributed by atoms with E-state index in [1.807, 2.05) is 11.3 Å². The number of rotatable bonds is 5. The molecule has 0 saturated heterocycles. The fourth-order valence-electron chi connectivity index (χ4n) is 15.2. The first kappa shape index (κ1) is 56.5. The van der Waals surface area contributed by atoms with Crippen LogP contribution in [0.4, 0.5) is 45.5 Å². The van der Waals surface area contributed by atoms with Gasteiger partial charge < -0.3 is 19.1 Å². The van der Waals surface area contributed by atoms with Gasteiger partial charge in [-0.1, -0.05) is 221 Å². The van der Waals surface area contributed by atoms with Gasteiger partial charge in [0.1, 0.15) is 11.2 Å². The van der Waals surface area contributed by atoms with Crippen LogP contribution in [0.15, 0.2) is 168 Å². The van der Waals surface area contributed by atoms with Gasteiger partial charge in [0.05, 0.1) is 28.3 Å². The second-order valence-electron chi connectivity index (χ2n) is 31.4. The van der Waals surface area contributed by atoms with Crippen LogP contribution in [0, 0.1) is 0 Å².